The van der Waals surface area contributed by atoms with E-state index in [0.29, 0.717) is 11.6 Å². The number of hydrogen-bond donors (Lipinski definition) is 1. The highest BCUT2D eigenvalue weighted by Gasteiger charge is 2.26. The van der Waals surface area contributed by atoms with E-state index >= 15 is 0 Å². The second-order valence-electron chi connectivity index (χ2n) is 5.44. The van der Waals surface area contributed by atoms with Crippen molar-refractivity contribution in [2.24, 2.45) is 0 Å². The summed E-state index contributed by atoms with van der Waals surface area (Å²) < 4.78 is 13.2. The Labute approximate surface area is 118 Å². The number of rotatable bonds is 2. The Morgan fingerprint density at radius 1 is 1.25 bits per heavy atom. The fourth-order valence-electron chi connectivity index (χ4n) is 3.15. The Morgan fingerprint density at radius 3 is 2.70 bits per heavy atom. The molecule has 1 N–H and O–H groups in total. The van der Waals surface area contributed by atoms with Crippen molar-refractivity contribution >= 4 is 5.69 Å². The van der Waals surface area contributed by atoms with Gasteiger partial charge in [-0.25, -0.2) is 4.39 Å². The molecule has 1 aromatic rings. The van der Waals surface area contributed by atoms with Gasteiger partial charge in [0.2, 0.25) is 0 Å². The van der Waals surface area contributed by atoms with E-state index < -0.39 is 0 Å². The molecule has 0 radical (unpaired) electrons. The largest absolute Gasteiger partial charge is 0.368 e. The second-order valence-corrected chi connectivity index (χ2v) is 5.44. The first-order valence-corrected chi connectivity index (χ1v) is 7.17. The summed E-state index contributed by atoms with van der Waals surface area (Å²) in [7, 11) is 0. The van der Waals surface area contributed by atoms with E-state index in [4.69, 9.17) is 5.26 Å². The van der Waals surface area contributed by atoms with E-state index in [2.05, 4.69) is 21.2 Å². The Bertz CT molecular complexity index is 511. The molecule has 0 amide bonds. The molecule has 106 valence electrons. The summed E-state index contributed by atoms with van der Waals surface area (Å²) in [5.74, 6) is -0.346. The lowest BCUT2D eigenvalue weighted by atomic mass is 10.1. The summed E-state index contributed by atoms with van der Waals surface area (Å²) in [6, 6.07) is 7.23. The van der Waals surface area contributed by atoms with E-state index in [0.717, 1.165) is 45.0 Å². The van der Waals surface area contributed by atoms with Crippen LogP contribution >= 0.6 is 0 Å². The quantitative estimate of drug-likeness (QED) is 0.879. The SMILES string of the molecule is N#Cc1cc(F)ccc1N1CCN(C2CCNC2)CC1. The minimum absolute atomic E-state index is 0.346. The van der Waals surface area contributed by atoms with Crippen LogP contribution < -0.4 is 10.2 Å². The third kappa shape index (κ3) is 2.62. The molecular weight excluding hydrogens is 255 g/mol. The third-order valence-electron chi connectivity index (χ3n) is 4.28. The fourth-order valence-corrected chi connectivity index (χ4v) is 3.15. The number of nitrogens with zero attached hydrogens (tertiary/aromatic N) is 3. The Kier molecular flexibility index (Phi) is 3.86. The lowest BCUT2D eigenvalue weighted by Crippen LogP contribution is -2.51. The highest BCUT2D eigenvalue weighted by Crippen LogP contribution is 2.23. The fraction of sp³-hybridized carbons (Fsp3) is 0.533. The van der Waals surface area contributed by atoms with Gasteiger partial charge in [-0.3, -0.25) is 4.90 Å². The number of nitrogens with one attached hydrogen (secondary N) is 1. The van der Waals surface area contributed by atoms with Crippen LogP contribution in [-0.4, -0.2) is 50.2 Å². The Morgan fingerprint density at radius 2 is 2.05 bits per heavy atom. The van der Waals surface area contributed by atoms with Crippen LogP contribution in [0.4, 0.5) is 10.1 Å². The molecular formula is C15H19FN4. The third-order valence-corrected chi connectivity index (χ3v) is 4.28. The number of nitriles is 1. The summed E-state index contributed by atoms with van der Waals surface area (Å²) in [5, 5.41) is 12.5. The zero-order chi connectivity index (χ0) is 13.9. The molecule has 0 aromatic heterocycles. The monoisotopic (exact) mass is 274 g/mol. The summed E-state index contributed by atoms with van der Waals surface area (Å²) >= 11 is 0. The standard InChI is InChI=1S/C15H19FN4/c16-13-1-2-15(12(9-13)10-17)20-7-5-19(6-8-20)14-3-4-18-11-14/h1-2,9,14,18H,3-8,11H2. The van der Waals surface area contributed by atoms with Crippen LogP contribution in [0, 0.1) is 17.1 Å². The average Bonchev–Trinajstić information content (AvgIpc) is 3.01. The van der Waals surface area contributed by atoms with Crippen LogP contribution in [-0.2, 0) is 0 Å². The predicted octanol–water partition coefficient (Wildman–Crippen LogP) is 1.18. The Balaban J connectivity index is 1.67. The molecule has 2 fully saturated rings. The molecule has 5 heteroatoms. The summed E-state index contributed by atoms with van der Waals surface area (Å²) in [6.45, 7) is 6.01. The van der Waals surface area contributed by atoms with Crippen molar-refractivity contribution in [2.45, 2.75) is 12.5 Å². The van der Waals surface area contributed by atoms with E-state index in [9.17, 15) is 4.39 Å². The average molecular weight is 274 g/mol. The van der Waals surface area contributed by atoms with Gasteiger partial charge in [0.1, 0.15) is 11.9 Å². The van der Waals surface area contributed by atoms with Gasteiger partial charge in [0, 0.05) is 38.8 Å². The van der Waals surface area contributed by atoms with E-state index in [-0.39, 0.29) is 5.82 Å². The molecule has 20 heavy (non-hydrogen) atoms. The topological polar surface area (TPSA) is 42.3 Å². The summed E-state index contributed by atoms with van der Waals surface area (Å²) in [6.07, 6.45) is 1.22. The van der Waals surface area contributed by atoms with Gasteiger partial charge in [-0.2, -0.15) is 5.26 Å². The van der Waals surface area contributed by atoms with Crippen LogP contribution in [0.3, 0.4) is 0 Å². The van der Waals surface area contributed by atoms with Crippen LogP contribution in [0.1, 0.15) is 12.0 Å². The molecule has 4 nitrogen and oxygen atoms in total. The highest BCUT2D eigenvalue weighted by molar-refractivity contribution is 5.59. The zero-order valence-electron chi connectivity index (χ0n) is 11.5. The normalized spacial score (nSPS) is 23.8. The van der Waals surface area contributed by atoms with Crippen molar-refractivity contribution in [1.29, 1.82) is 5.26 Å². The maximum atomic E-state index is 13.2. The first kappa shape index (κ1) is 13.3. The summed E-state index contributed by atoms with van der Waals surface area (Å²) in [4.78, 5) is 4.71. The maximum Gasteiger partial charge on any atom is 0.124 e. The molecule has 3 rings (SSSR count). The number of benzene rings is 1. The summed E-state index contributed by atoms with van der Waals surface area (Å²) in [5.41, 5.74) is 1.29. The van der Waals surface area contributed by atoms with Crippen LogP contribution in [0.5, 0.6) is 0 Å². The molecule has 0 saturated carbocycles. The molecule has 1 unspecified atom stereocenters. The number of halogens is 1. The van der Waals surface area contributed by atoms with Gasteiger partial charge in [-0.1, -0.05) is 0 Å². The molecule has 2 heterocycles. The molecule has 0 aliphatic carbocycles. The van der Waals surface area contributed by atoms with E-state index in [1.165, 1.54) is 18.6 Å². The first-order valence-electron chi connectivity index (χ1n) is 7.17. The van der Waals surface area contributed by atoms with E-state index in [1.807, 2.05) is 0 Å². The molecule has 0 bridgehead atoms. The predicted molar refractivity (Wildman–Crippen MR) is 76.2 cm³/mol. The minimum Gasteiger partial charge on any atom is -0.368 e. The van der Waals surface area contributed by atoms with Crippen molar-refractivity contribution < 1.29 is 4.39 Å². The Hall–Kier alpha value is -1.64. The van der Waals surface area contributed by atoms with Crippen molar-refractivity contribution in [3.05, 3.63) is 29.6 Å². The van der Waals surface area contributed by atoms with Crippen molar-refractivity contribution in [1.82, 2.24) is 10.2 Å². The number of piperazine rings is 1. The van der Waals surface area contributed by atoms with Crippen molar-refractivity contribution in [2.75, 3.05) is 44.2 Å². The highest BCUT2D eigenvalue weighted by atomic mass is 19.1. The molecule has 2 saturated heterocycles. The molecule has 2 aliphatic rings. The van der Waals surface area contributed by atoms with Crippen molar-refractivity contribution in [3.63, 3.8) is 0 Å². The van der Waals surface area contributed by atoms with E-state index in [1.54, 1.807) is 6.07 Å². The molecule has 2 aliphatic heterocycles. The minimum atomic E-state index is -0.346. The molecule has 1 atom stereocenters. The first-order chi connectivity index (χ1) is 9.78. The number of hydrogen-bond acceptors (Lipinski definition) is 4. The smallest absolute Gasteiger partial charge is 0.124 e. The molecule has 1 aromatic carbocycles. The molecule has 0 spiro atoms. The lowest BCUT2D eigenvalue weighted by Gasteiger charge is -2.39. The van der Waals surface area contributed by atoms with Crippen LogP contribution in [0.25, 0.3) is 0 Å². The van der Waals surface area contributed by atoms with Gasteiger partial charge >= 0.3 is 0 Å². The van der Waals surface area contributed by atoms with Gasteiger partial charge in [0.25, 0.3) is 0 Å². The number of anilines is 1. The zero-order valence-corrected chi connectivity index (χ0v) is 11.5. The van der Waals surface area contributed by atoms with Gasteiger partial charge < -0.3 is 10.2 Å². The van der Waals surface area contributed by atoms with Crippen LogP contribution in [0.2, 0.25) is 0 Å². The van der Waals surface area contributed by atoms with Crippen molar-refractivity contribution in [3.8, 4) is 6.07 Å². The second kappa shape index (κ2) is 5.78. The van der Waals surface area contributed by atoms with Gasteiger partial charge in [-0.05, 0) is 31.2 Å². The van der Waals surface area contributed by atoms with Gasteiger partial charge in [0.15, 0.2) is 0 Å². The lowest BCUT2D eigenvalue weighted by molar-refractivity contribution is 0.196. The van der Waals surface area contributed by atoms with Crippen LogP contribution in [0.15, 0.2) is 18.2 Å². The van der Waals surface area contributed by atoms with Gasteiger partial charge in [0.05, 0.1) is 11.3 Å². The maximum absolute atomic E-state index is 13.2. The van der Waals surface area contributed by atoms with Gasteiger partial charge in [-0.15, -0.1) is 0 Å².